The molecule has 0 atom stereocenters. The van der Waals surface area contributed by atoms with Gasteiger partial charge in [-0.05, 0) is 12.0 Å². The summed E-state index contributed by atoms with van der Waals surface area (Å²) in [6.45, 7) is 1.81. The maximum atomic E-state index is 11.4. The Labute approximate surface area is 81.7 Å². The zero-order chi connectivity index (χ0) is 10.2. The third-order valence-corrected chi connectivity index (χ3v) is 2.68. The molecule has 0 spiro atoms. The molecule has 72 valence electrons. The number of esters is 2. The van der Waals surface area contributed by atoms with Gasteiger partial charge < -0.3 is 4.74 Å². The molecule has 14 heavy (non-hydrogen) atoms. The average Bonchev–Trinajstić information content (AvgIpc) is 2.21. The first-order valence-corrected chi connectivity index (χ1v) is 4.54. The van der Waals surface area contributed by atoms with Crippen LogP contribution in [0.1, 0.15) is 18.9 Å². The number of ether oxygens (including phenoxy) is 1. The lowest BCUT2D eigenvalue weighted by atomic mass is 9.75. The van der Waals surface area contributed by atoms with E-state index in [2.05, 4.69) is 4.74 Å². The van der Waals surface area contributed by atoms with E-state index >= 15 is 0 Å². The summed E-state index contributed by atoms with van der Waals surface area (Å²) in [4.78, 5) is 22.7. The number of hydrogen-bond acceptors (Lipinski definition) is 3. The van der Waals surface area contributed by atoms with Gasteiger partial charge in [-0.2, -0.15) is 0 Å². The third-order valence-electron chi connectivity index (χ3n) is 2.68. The Hall–Kier alpha value is -1.64. The molecule has 1 heterocycles. The molecule has 1 aliphatic rings. The van der Waals surface area contributed by atoms with Crippen molar-refractivity contribution >= 4 is 11.9 Å². The van der Waals surface area contributed by atoms with Crippen LogP contribution in [0.4, 0.5) is 0 Å². The second-order valence-electron chi connectivity index (χ2n) is 3.30. The van der Waals surface area contributed by atoms with Gasteiger partial charge in [0, 0.05) is 0 Å². The number of carbonyl (C=O) groups is 2. The van der Waals surface area contributed by atoms with Crippen LogP contribution in [0.2, 0.25) is 0 Å². The van der Waals surface area contributed by atoms with Gasteiger partial charge in [-0.25, -0.2) is 9.59 Å². The predicted octanol–water partition coefficient (Wildman–Crippen LogP) is 1.42. The van der Waals surface area contributed by atoms with Crippen LogP contribution in [0, 0.1) is 0 Å². The summed E-state index contributed by atoms with van der Waals surface area (Å²) in [5, 5.41) is 0. The second-order valence-corrected chi connectivity index (χ2v) is 3.30. The monoisotopic (exact) mass is 190 g/mol. The SMILES string of the molecule is CCC1(c2ccccc2)C(=O)OC1=O. The van der Waals surface area contributed by atoms with Gasteiger partial charge in [0.05, 0.1) is 0 Å². The zero-order valence-corrected chi connectivity index (χ0v) is 7.82. The van der Waals surface area contributed by atoms with E-state index < -0.39 is 17.4 Å². The number of hydrogen-bond donors (Lipinski definition) is 0. The van der Waals surface area contributed by atoms with E-state index in [1.807, 2.05) is 25.1 Å². The summed E-state index contributed by atoms with van der Waals surface area (Å²) >= 11 is 0. The fourth-order valence-electron chi connectivity index (χ4n) is 1.75. The smallest absolute Gasteiger partial charge is 0.335 e. The van der Waals surface area contributed by atoms with Crippen molar-refractivity contribution in [3.63, 3.8) is 0 Å². The Kier molecular flexibility index (Phi) is 1.88. The molecule has 0 bridgehead atoms. The maximum absolute atomic E-state index is 11.4. The van der Waals surface area contributed by atoms with Crippen LogP contribution in [0.3, 0.4) is 0 Å². The largest absolute Gasteiger partial charge is 0.391 e. The van der Waals surface area contributed by atoms with Crippen molar-refractivity contribution in [1.29, 1.82) is 0 Å². The number of benzene rings is 1. The van der Waals surface area contributed by atoms with E-state index in [-0.39, 0.29) is 0 Å². The van der Waals surface area contributed by atoms with Crippen molar-refractivity contribution in [3.8, 4) is 0 Å². The van der Waals surface area contributed by atoms with Crippen LogP contribution in [-0.2, 0) is 19.7 Å². The van der Waals surface area contributed by atoms with Crippen LogP contribution in [0.25, 0.3) is 0 Å². The lowest BCUT2D eigenvalue weighted by Crippen LogP contribution is -2.56. The van der Waals surface area contributed by atoms with Gasteiger partial charge in [-0.1, -0.05) is 37.3 Å². The lowest BCUT2D eigenvalue weighted by Gasteiger charge is -2.35. The maximum Gasteiger partial charge on any atom is 0.335 e. The van der Waals surface area contributed by atoms with E-state index in [1.165, 1.54) is 0 Å². The van der Waals surface area contributed by atoms with Gasteiger partial charge in [0.1, 0.15) is 0 Å². The van der Waals surface area contributed by atoms with E-state index in [0.29, 0.717) is 6.42 Å². The molecule has 2 rings (SSSR count). The van der Waals surface area contributed by atoms with E-state index in [0.717, 1.165) is 5.56 Å². The first-order valence-electron chi connectivity index (χ1n) is 4.54. The average molecular weight is 190 g/mol. The minimum absolute atomic E-state index is 0.434. The minimum Gasteiger partial charge on any atom is -0.391 e. The Balaban J connectivity index is 2.49. The minimum atomic E-state index is -1.03. The Morgan fingerprint density at radius 2 is 1.71 bits per heavy atom. The first kappa shape index (κ1) is 8.94. The van der Waals surface area contributed by atoms with Crippen LogP contribution < -0.4 is 0 Å². The zero-order valence-electron chi connectivity index (χ0n) is 7.82. The summed E-state index contributed by atoms with van der Waals surface area (Å²) in [7, 11) is 0. The fourth-order valence-corrected chi connectivity index (χ4v) is 1.75. The summed E-state index contributed by atoms with van der Waals surface area (Å²) < 4.78 is 4.42. The first-order chi connectivity index (χ1) is 6.71. The van der Waals surface area contributed by atoms with Crippen molar-refractivity contribution in [2.24, 2.45) is 0 Å². The highest BCUT2D eigenvalue weighted by Crippen LogP contribution is 2.37. The van der Waals surface area contributed by atoms with Crippen molar-refractivity contribution in [2.75, 3.05) is 0 Å². The molecule has 0 aliphatic carbocycles. The molecule has 3 nitrogen and oxygen atoms in total. The van der Waals surface area contributed by atoms with Crippen molar-refractivity contribution in [1.82, 2.24) is 0 Å². The summed E-state index contributed by atoms with van der Waals surface area (Å²) in [5.41, 5.74) is -0.301. The molecule has 0 unspecified atom stereocenters. The van der Waals surface area contributed by atoms with Crippen LogP contribution in [0.15, 0.2) is 30.3 Å². The normalized spacial score (nSPS) is 18.6. The Bertz CT molecular complexity index is 367. The second kappa shape index (κ2) is 2.94. The standard InChI is InChI=1S/C11H10O3/c1-2-11(9(12)14-10(11)13)8-6-4-3-5-7-8/h3-7H,2H2,1H3. The van der Waals surface area contributed by atoms with Gasteiger partial charge in [-0.3, -0.25) is 0 Å². The molecule has 1 aliphatic heterocycles. The Morgan fingerprint density at radius 1 is 1.14 bits per heavy atom. The fraction of sp³-hybridized carbons (Fsp3) is 0.273. The van der Waals surface area contributed by atoms with Crippen LogP contribution >= 0.6 is 0 Å². The van der Waals surface area contributed by atoms with E-state index in [1.54, 1.807) is 12.1 Å². The highest BCUT2D eigenvalue weighted by Gasteiger charge is 2.58. The molecule has 1 aromatic carbocycles. The Morgan fingerprint density at radius 3 is 2.14 bits per heavy atom. The van der Waals surface area contributed by atoms with Crippen molar-refractivity contribution in [2.45, 2.75) is 18.8 Å². The van der Waals surface area contributed by atoms with Gasteiger partial charge in [0.2, 0.25) is 0 Å². The molecule has 1 fully saturated rings. The number of cyclic esters (lactones) is 2. The van der Waals surface area contributed by atoms with E-state index in [4.69, 9.17) is 0 Å². The van der Waals surface area contributed by atoms with Gasteiger partial charge in [-0.15, -0.1) is 0 Å². The molecule has 3 heteroatoms. The molecular formula is C11H10O3. The molecular weight excluding hydrogens is 180 g/mol. The molecule has 1 saturated heterocycles. The lowest BCUT2D eigenvalue weighted by molar-refractivity contribution is -0.188. The van der Waals surface area contributed by atoms with Crippen molar-refractivity contribution in [3.05, 3.63) is 35.9 Å². The predicted molar refractivity (Wildman–Crippen MR) is 49.5 cm³/mol. The molecule has 0 radical (unpaired) electrons. The highest BCUT2D eigenvalue weighted by atomic mass is 16.6. The van der Waals surface area contributed by atoms with Crippen molar-refractivity contribution < 1.29 is 14.3 Å². The van der Waals surface area contributed by atoms with Crippen LogP contribution in [0.5, 0.6) is 0 Å². The van der Waals surface area contributed by atoms with Crippen LogP contribution in [-0.4, -0.2) is 11.9 Å². The summed E-state index contributed by atoms with van der Waals surface area (Å²) in [6, 6.07) is 9.03. The van der Waals surface area contributed by atoms with Gasteiger partial charge in [0.15, 0.2) is 5.41 Å². The summed E-state index contributed by atoms with van der Waals surface area (Å²) in [5.74, 6) is -0.868. The van der Waals surface area contributed by atoms with Gasteiger partial charge in [0.25, 0.3) is 0 Å². The van der Waals surface area contributed by atoms with Gasteiger partial charge >= 0.3 is 11.9 Å². The quantitative estimate of drug-likeness (QED) is 0.523. The molecule has 1 aromatic rings. The molecule has 0 aromatic heterocycles. The molecule has 0 N–H and O–H groups in total. The molecule has 0 saturated carbocycles. The topological polar surface area (TPSA) is 43.4 Å². The highest BCUT2D eigenvalue weighted by molar-refractivity contribution is 6.19. The number of rotatable bonds is 2. The number of carbonyl (C=O) groups excluding carboxylic acids is 2. The van der Waals surface area contributed by atoms with E-state index in [9.17, 15) is 9.59 Å². The summed E-state index contributed by atoms with van der Waals surface area (Å²) in [6.07, 6.45) is 0.453. The molecule has 0 amide bonds. The third kappa shape index (κ3) is 0.923.